The van der Waals surface area contributed by atoms with Gasteiger partial charge in [-0.15, -0.1) is 0 Å². The first kappa shape index (κ1) is 13.3. The zero-order chi connectivity index (χ0) is 12.8. The predicted octanol–water partition coefficient (Wildman–Crippen LogP) is 1.38. The molecule has 0 spiro atoms. The lowest BCUT2D eigenvalue weighted by molar-refractivity contribution is -0.117. The first-order valence-corrected chi connectivity index (χ1v) is 5.40. The average molecular weight is 238 g/mol. The van der Waals surface area contributed by atoms with E-state index < -0.39 is 6.04 Å². The van der Waals surface area contributed by atoms with Crippen LogP contribution in [-0.4, -0.2) is 26.2 Å². The summed E-state index contributed by atoms with van der Waals surface area (Å²) in [5, 5.41) is 2.72. The van der Waals surface area contributed by atoms with Gasteiger partial charge in [-0.1, -0.05) is 6.92 Å². The van der Waals surface area contributed by atoms with Gasteiger partial charge in [0.05, 0.1) is 20.3 Å². The quantitative estimate of drug-likeness (QED) is 0.812. The van der Waals surface area contributed by atoms with Crippen molar-refractivity contribution >= 4 is 11.6 Å². The number of nitrogens with one attached hydrogen (secondary N) is 1. The Morgan fingerprint density at radius 2 is 1.82 bits per heavy atom. The molecule has 0 saturated carbocycles. The third-order valence-corrected chi connectivity index (χ3v) is 2.40. The van der Waals surface area contributed by atoms with Crippen LogP contribution < -0.4 is 20.5 Å². The zero-order valence-electron chi connectivity index (χ0n) is 10.3. The number of ether oxygens (including phenoxy) is 2. The highest BCUT2D eigenvalue weighted by atomic mass is 16.5. The zero-order valence-corrected chi connectivity index (χ0v) is 10.3. The molecule has 17 heavy (non-hydrogen) atoms. The third-order valence-electron chi connectivity index (χ3n) is 2.40. The molecular weight excluding hydrogens is 220 g/mol. The van der Waals surface area contributed by atoms with Crippen LogP contribution in [0, 0.1) is 0 Å². The minimum atomic E-state index is -0.507. The number of methoxy groups -OCH3 is 2. The van der Waals surface area contributed by atoms with Crippen molar-refractivity contribution in [1.82, 2.24) is 0 Å². The molecule has 94 valence electrons. The fourth-order valence-corrected chi connectivity index (χ4v) is 1.30. The molecule has 1 amide bonds. The highest BCUT2D eigenvalue weighted by molar-refractivity contribution is 5.94. The Morgan fingerprint density at radius 1 is 1.29 bits per heavy atom. The number of hydrogen-bond acceptors (Lipinski definition) is 4. The molecule has 0 aliphatic heterocycles. The summed E-state index contributed by atoms with van der Waals surface area (Å²) in [7, 11) is 3.11. The normalized spacial score (nSPS) is 11.8. The van der Waals surface area contributed by atoms with E-state index in [0.29, 0.717) is 23.6 Å². The van der Waals surface area contributed by atoms with Gasteiger partial charge in [-0.05, 0) is 6.42 Å². The van der Waals surface area contributed by atoms with E-state index in [0.717, 1.165) is 0 Å². The van der Waals surface area contributed by atoms with Crippen molar-refractivity contribution in [3.05, 3.63) is 18.2 Å². The largest absolute Gasteiger partial charge is 0.497 e. The van der Waals surface area contributed by atoms with Gasteiger partial charge in [0.2, 0.25) is 5.91 Å². The first-order valence-electron chi connectivity index (χ1n) is 5.40. The number of hydrogen-bond donors (Lipinski definition) is 2. The van der Waals surface area contributed by atoms with Crippen molar-refractivity contribution in [2.75, 3.05) is 19.5 Å². The number of benzene rings is 1. The summed E-state index contributed by atoms with van der Waals surface area (Å²) < 4.78 is 10.2. The van der Waals surface area contributed by atoms with Crippen LogP contribution in [0.25, 0.3) is 0 Å². The molecule has 0 bridgehead atoms. The summed E-state index contributed by atoms with van der Waals surface area (Å²) in [5.41, 5.74) is 6.24. The molecule has 0 saturated heterocycles. The third kappa shape index (κ3) is 3.64. The Bertz CT molecular complexity index is 371. The number of anilines is 1. The molecule has 1 aromatic carbocycles. The van der Waals surface area contributed by atoms with Gasteiger partial charge in [0.1, 0.15) is 11.5 Å². The molecule has 1 rings (SSSR count). The van der Waals surface area contributed by atoms with E-state index in [2.05, 4.69) is 5.32 Å². The van der Waals surface area contributed by atoms with Gasteiger partial charge in [-0.25, -0.2) is 0 Å². The molecule has 1 aromatic rings. The molecule has 0 unspecified atom stereocenters. The first-order chi connectivity index (χ1) is 8.10. The van der Waals surface area contributed by atoms with Gasteiger partial charge < -0.3 is 20.5 Å². The minimum absolute atomic E-state index is 0.220. The van der Waals surface area contributed by atoms with Gasteiger partial charge in [0.25, 0.3) is 0 Å². The maximum absolute atomic E-state index is 11.6. The summed E-state index contributed by atoms with van der Waals surface area (Å²) in [6.07, 6.45) is 0.590. The number of amides is 1. The number of rotatable bonds is 5. The van der Waals surface area contributed by atoms with Crippen LogP contribution in [-0.2, 0) is 4.79 Å². The second-order valence-corrected chi connectivity index (χ2v) is 3.61. The van der Waals surface area contributed by atoms with Crippen LogP contribution in [0.1, 0.15) is 13.3 Å². The summed E-state index contributed by atoms with van der Waals surface area (Å²) >= 11 is 0. The average Bonchev–Trinajstić information content (AvgIpc) is 2.36. The van der Waals surface area contributed by atoms with Crippen LogP contribution in [0.3, 0.4) is 0 Å². The molecule has 0 aromatic heterocycles. The number of carbonyl (C=O) groups excluding carboxylic acids is 1. The maximum Gasteiger partial charge on any atom is 0.241 e. The van der Waals surface area contributed by atoms with Crippen molar-refractivity contribution in [1.29, 1.82) is 0 Å². The van der Waals surface area contributed by atoms with E-state index >= 15 is 0 Å². The summed E-state index contributed by atoms with van der Waals surface area (Å²) in [6.45, 7) is 1.86. The summed E-state index contributed by atoms with van der Waals surface area (Å²) in [4.78, 5) is 11.6. The maximum atomic E-state index is 11.6. The lowest BCUT2D eigenvalue weighted by Crippen LogP contribution is -2.34. The second-order valence-electron chi connectivity index (χ2n) is 3.61. The topological polar surface area (TPSA) is 73.6 Å². The highest BCUT2D eigenvalue weighted by Gasteiger charge is 2.12. The molecule has 0 radical (unpaired) electrons. The predicted molar refractivity (Wildman–Crippen MR) is 66.4 cm³/mol. The number of carbonyl (C=O) groups is 1. The van der Waals surface area contributed by atoms with Gasteiger partial charge >= 0.3 is 0 Å². The molecule has 5 nitrogen and oxygen atoms in total. The smallest absolute Gasteiger partial charge is 0.241 e. The van der Waals surface area contributed by atoms with Crippen molar-refractivity contribution < 1.29 is 14.3 Å². The molecule has 3 N–H and O–H groups in total. The van der Waals surface area contributed by atoms with E-state index in [1.54, 1.807) is 32.4 Å². The van der Waals surface area contributed by atoms with E-state index in [4.69, 9.17) is 15.2 Å². The van der Waals surface area contributed by atoms with Crippen molar-refractivity contribution in [2.45, 2.75) is 19.4 Å². The Morgan fingerprint density at radius 3 is 2.24 bits per heavy atom. The van der Waals surface area contributed by atoms with Crippen molar-refractivity contribution in [3.63, 3.8) is 0 Å². The van der Waals surface area contributed by atoms with E-state index in [-0.39, 0.29) is 5.91 Å². The molecule has 0 aliphatic carbocycles. The van der Waals surface area contributed by atoms with Gasteiger partial charge in [-0.3, -0.25) is 4.79 Å². The van der Waals surface area contributed by atoms with Crippen LogP contribution in [0.15, 0.2) is 18.2 Å². The molecule has 0 heterocycles. The lowest BCUT2D eigenvalue weighted by Gasteiger charge is -2.12. The fraction of sp³-hybridized carbons (Fsp3) is 0.417. The van der Waals surface area contributed by atoms with Crippen molar-refractivity contribution in [3.8, 4) is 11.5 Å². The van der Waals surface area contributed by atoms with E-state index in [1.165, 1.54) is 0 Å². The number of nitrogens with two attached hydrogens (primary N) is 1. The monoisotopic (exact) mass is 238 g/mol. The highest BCUT2D eigenvalue weighted by Crippen LogP contribution is 2.25. The lowest BCUT2D eigenvalue weighted by atomic mass is 10.2. The Balaban J connectivity index is 2.86. The van der Waals surface area contributed by atoms with Crippen LogP contribution in [0.2, 0.25) is 0 Å². The second kappa shape index (κ2) is 6.10. The minimum Gasteiger partial charge on any atom is -0.497 e. The van der Waals surface area contributed by atoms with Gasteiger partial charge in [-0.2, -0.15) is 0 Å². The van der Waals surface area contributed by atoms with E-state index in [9.17, 15) is 4.79 Å². The van der Waals surface area contributed by atoms with Crippen LogP contribution in [0.4, 0.5) is 5.69 Å². The van der Waals surface area contributed by atoms with Gasteiger partial charge in [0, 0.05) is 23.9 Å². The Labute approximate surface area is 101 Å². The van der Waals surface area contributed by atoms with Gasteiger partial charge in [0.15, 0.2) is 0 Å². The molecule has 5 heteroatoms. The SMILES string of the molecule is CC[C@H](N)C(=O)Nc1cc(OC)cc(OC)c1. The Kier molecular flexibility index (Phi) is 4.78. The molecule has 1 atom stereocenters. The Hall–Kier alpha value is -1.75. The molecule has 0 aliphatic rings. The van der Waals surface area contributed by atoms with E-state index in [1.807, 2.05) is 6.92 Å². The standard InChI is InChI=1S/C12H18N2O3/c1-4-11(13)12(15)14-8-5-9(16-2)7-10(6-8)17-3/h5-7,11H,4,13H2,1-3H3,(H,14,15)/t11-/m0/s1. The fourth-order valence-electron chi connectivity index (χ4n) is 1.30. The van der Waals surface area contributed by atoms with Crippen molar-refractivity contribution in [2.24, 2.45) is 5.73 Å². The van der Waals surface area contributed by atoms with Crippen LogP contribution >= 0.6 is 0 Å². The molecular formula is C12H18N2O3. The summed E-state index contributed by atoms with van der Waals surface area (Å²) in [5.74, 6) is 1.01. The van der Waals surface area contributed by atoms with Crippen LogP contribution in [0.5, 0.6) is 11.5 Å². The summed E-state index contributed by atoms with van der Waals surface area (Å²) in [6, 6.07) is 4.65. The molecule has 0 fully saturated rings.